The Morgan fingerprint density at radius 2 is 1.63 bits per heavy atom. The van der Waals surface area contributed by atoms with E-state index in [1.54, 1.807) is 24.3 Å². The van der Waals surface area contributed by atoms with E-state index in [4.69, 9.17) is 10.7 Å². The fourth-order valence-electron chi connectivity index (χ4n) is 5.74. The van der Waals surface area contributed by atoms with Crippen LogP contribution in [0, 0.1) is 0 Å². The number of nitrogens with zero attached hydrogens (tertiary/aromatic N) is 5. The summed E-state index contributed by atoms with van der Waals surface area (Å²) < 4.78 is 41.9. The second-order valence-electron chi connectivity index (χ2n) is 10.3. The monoisotopic (exact) mass is 584 g/mol. The van der Waals surface area contributed by atoms with E-state index in [0.717, 1.165) is 6.08 Å². The molecule has 0 saturated carbocycles. The van der Waals surface area contributed by atoms with Gasteiger partial charge in [-0.3, -0.25) is 14.5 Å². The van der Waals surface area contributed by atoms with Crippen molar-refractivity contribution in [2.75, 3.05) is 6.54 Å². The highest BCUT2D eigenvalue weighted by Crippen LogP contribution is 2.40. The number of benzene rings is 3. The van der Waals surface area contributed by atoms with Gasteiger partial charge in [-0.05, 0) is 34.9 Å². The van der Waals surface area contributed by atoms with E-state index in [9.17, 15) is 22.8 Å². The van der Waals surface area contributed by atoms with Crippen LogP contribution in [-0.2, 0) is 36.1 Å². The first kappa shape index (κ1) is 28.0. The predicted molar refractivity (Wildman–Crippen MR) is 154 cm³/mol. The molecule has 4 aromatic rings. The standard InChI is InChI=1S/C32H27F3N6O2/c1-2-25-27(32(33,34)35)37-26-20-39(16-17-40(25)26)28(42)22-11-9-10-21(18-22)19-41-29(43)31(38-30(41)36,23-12-5-3-6-13-23)24-14-7-4-8-15-24/h2-15,18H,1,16-17,19-20H2,(H2,36,38). The Labute approximate surface area is 245 Å². The molecule has 0 unspecified atom stereocenters. The molecule has 8 nitrogen and oxygen atoms in total. The lowest BCUT2D eigenvalue weighted by atomic mass is 9.83. The fraction of sp³-hybridized carbons (Fsp3) is 0.188. The Hall–Kier alpha value is -5.19. The molecule has 0 spiro atoms. The van der Waals surface area contributed by atoms with E-state index in [1.807, 2.05) is 60.7 Å². The number of carbonyl (C=O) groups is 2. The van der Waals surface area contributed by atoms with Crippen LogP contribution in [0.25, 0.3) is 6.08 Å². The van der Waals surface area contributed by atoms with Crippen LogP contribution in [0.3, 0.4) is 0 Å². The van der Waals surface area contributed by atoms with Crippen LogP contribution in [0.2, 0.25) is 0 Å². The summed E-state index contributed by atoms with van der Waals surface area (Å²) in [6, 6.07) is 25.2. The summed E-state index contributed by atoms with van der Waals surface area (Å²) in [6.45, 7) is 3.85. The van der Waals surface area contributed by atoms with Crippen LogP contribution in [-0.4, -0.2) is 43.7 Å². The lowest BCUT2D eigenvalue weighted by Gasteiger charge is -2.29. The fourth-order valence-corrected chi connectivity index (χ4v) is 5.74. The Morgan fingerprint density at radius 3 is 2.23 bits per heavy atom. The molecule has 0 atom stereocenters. The topological polar surface area (TPSA) is 96.8 Å². The van der Waals surface area contributed by atoms with Crippen LogP contribution in [0.4, 0.5) is 13.2 Å². The summed E-state index contributed by atoms with van der Waals surface area (Å²) in [5.74, 6) is -0.485. The molecule has 11 heteroatoms. The molecule has 2 aliphatic heterocycles. The van der Waals surface area contributed by atoms with Crippen LogP contribution < -0.4 is 5.73 Å². The summed E-state index contributed by atoms with van der Waals surface area (Å²) >= 11 is 0. The van der Waals surface area contributed by atoms with Gasteiger partial charge in [0.05, 0.1) is 18.8 Å². The molecule has 0 aliphatic carbocycles. The van der Waals surface area contributed by atoms with Crippen molar-refractivity contribution in [2.45, 2.75) is 31.3 Å². The van der Waals surface area contributed by atoms with Gasteiger partial charge in [0, 0.05) is 18.7 Å². The summed E-state index contributed by atoms with van der Waals surface area (Å²) in [5, 5.41) is 0. The molecule has 2 amide bonds. The third-order valence-electron chi connectivity index (χ3n) is 7.77. The van der Waals surface area contributed by atoms with Gasteiger partial charge in [-0.25, -0.2) is 9.98 Å². The van der Waals surface area contributed by atoms with E-state index < -0.39 is 17.4 Å². The number of aromatic nitrogens is 2. The number of imidazole rings is 1. The molecule has 0 fully saturated rings. The van der Waals surface area contributed by atoms with E-state index >= 15 is 0 Å². The zero-order valence-electron chi connectivity index (χ0n) is 23.0. The molecule has 0 bridgehead atoms. The molecule has 0 radical (unpaired) electrons. The smallest absolute Gasteiger partial charge is 0.369 e. The van der Waals surface area contributed by atoms with Gasteiger partial charge in [0.1, 0.15) is 5.82 Å². The van der Waals surface area contributed by atoms with E-state index in [-0.39, 0.29) is 55.5 Å². The van der Waals surface area contributed by atoms with Gasteiger partial charge in [-0.15, -0.1) is 0 Å². The second kappa shape index (κ2) is 10.6. The number of alkyl halides is 3. The van der Waals surface area contributed by atoms with Crippen molar-refractivity contribution in [1.29, 1.82) is 0 Å². The molecular weight excluding hydrogens is 557 g/mol. The molecule has 3 aromatic carbocycles. The van der Waals surface area contributed by atoms with Crippen molar-refractivity contribution in [3.05, 3.63) is 131 Å². The zero-order valence-corrected chi connectivity index (χ0v) is 23.0. The van der Waals surface area contributed by atoms with Gasteiger partial charge in [0.25, 0.3) is 11.8 Å². The van der Waals surface area contributed by atoms with Gasteiger partial charge in [0.2, 0.25) is 0 Å². The quantitative estimate of drug-likeness (QED) is 0.352. The van der Waals surface area contributed by atoms with Crippen molar-refractivity contribution in [3.8, 4) is 0 Å². The molecule has 0 saturated heterocycles. The second-order valence-corrected chi connectivity index (χ2v) is 10.3. The molecule has 43 heavy (non-hydrogen) atoms. The van der Waals surface area contributed by atoms with Crippen LogP contribution in [0.1, 0.15) is 44.3 Å². The summed E-state index contributed by atoms with van der Waals surface area (Å²) in [5.41, 5.74) is 6.23. The van der Waals surface area contributed by atoms with Crippen molar-refractivity contribution < 1.29 is 22.8 Å². The Balaban J connectivity index is 1.25. The number of fused-ring (bicyclic) bond motifs is 1. The van der Waals surface area contributed by atoms with Gasteiger partial charge in [-0.1, -0.05) is 79.4 Å². The van der Waals surface area contributed by atoms with E-state index in [0.29, 0.717) is 22.3 Å². The molecule has 1 aromatic heterocycles. The minimum atomic E-state index is -4.63. The van der Waals surface area contributed by atoms with Crippen molar-refractivity contribution >= 4 is 23.8 Å². The number of halogens is 3. The molecule has 2 aliphatic rings. The maximum atomic E-state index is 14.1. The Bertz CT molecular complexity index is 1710. The maximum Gasteiger partial charge on any atom is 0.435 e. The van der Waals surface area contributed by atoms with E-state index in [1.165, 1.54) is 14.4 Å². The molecule has 2 N–H and O–H groups in total. The lowest BCUT2D eigenvalue weighted by Crippen LogP contribution is -2.43. The van der Waals surface area contributed by atoms with Gasteiger partial charge >= 0.3 is 6.18 Å². The largest absolute Gasteiger partial charge is 0.435 e. The molecule has 3 heterocycles. The first-order chi connectivity index (χ1) is 20.6. The highest BCUT2D eigenvalue weighted by molar-refractivity contribution is 6.09. The minimum absolute atomic E-state index is 0.0517. The van der Waals surface area contributed by atoms with Gasteiger partial charge < -0.3 is 15.2 Å². The summed E-state index contributed by atoms with van der Waals surface area (Å²) in [7, 11) is 0. The predicted octanol–water partition coefficient (Wildman–Crippen LogP) is 4.80. The number of hydrogen-bond acceptors (Lipinski definition) is 5. The summed E-state index contributed by atoms with van der Waals surface area (Å²) in [6.07, 6.45) is -3.49. The number of amides is 2. The average molecular weight is 585 g/mol. The minimum Gasteiger partial charge on any atom is -0.369 e. The van der Waals surface area contributed by atoms with Crippen molar-refractivity contribution in [1.82, 2.24) is 19.4 Å². The third-order valence-corrected chi connectivity index (χ3v) is 7.77. The number of nitrogens with two attached hydrogens (primary N) is 1. The number of rotatable bonds is 6. The molecule has 6 rings (SSSR count). The van der Waals surface area contributed by atoms with Crippen LogP contribution in [0.15, 0.2) is 96.5 Å². The molecule has 218 valence electrons. The Kier molecular flexibility index (Phi) is 6.87. The Morgan fingerprint density at radius 1 is 0.977 bits per heavy atom. The van der Waals surface area contributed by atoms with Crippen molar-refractivity contribution in [2.24, 2.45) is 10.7 Å². The van der Waals surface area contributed by atoms with Gasteiger partial charge in [-0.2, -0.15) is 13.2 Å². The molecular formula is C32H27F3N6O2. The lowest BCUT2D eigenvalue weighted by molar-refractivity contribution is -0.141. The highest BCUT2D eigenvalue weighted by Gasteiger charge is 2.50. The van der Waals surface area contributed by atoms with Crippen LogP contribution >= 0.6 is 0 Å². The normalized spacial score (nSPS) is 16.2. The van der Waals surface area contributed by atoms with Crippen molar-refractivity contribution in [3.63, 3.8) is 0 Å². The first-order valence-corrected chi connectivity index (χ1v) is 13.6. The first-order valence-electron chi connectivity index (χ1n) is 13.6. The summed E-state index contributed by atoms with van der Waals surface area (Å²) in [4.78, 5) is 38.9. The highest BCUT2D eigenvalue weighted by atomic mass is 19.4. The number of aliphatic imine (C=N–C) groups is 1. The number of guanidine groups is 1. The number of carbonyl (C=O) groups excluding carboxylic acids is 2. The van der Waals surface area contributed by atoms with Gasteiger partial charge in [0.15, 0.2) is 17.2 Å². The third kappa shape index (κ3) is 4.76. The van der Waals surface area contributed by atoms with Crippen LogP contribution in [0.5, 0.6) is 0 Å². The maximum absolute atomic E-state index is 14.1. The SMILES string of the molecule is C=Cc1c(C(F)(F)F)nc2n1CCN(C(=O)c1cccc(CN3C(=O)C(c4ccccc4)(c4ccccc4)N=C3N)c1)C2. The number of hydrogen-bond donors (Lipinski definition) is 1. The zero-order chi connectivity index (χ0) is 30.4. The van der Waals surface area contributed by atoms with E-state index in [2.05, 4.69) is 11.6 Å². The average Bonchev–Trinajstić information content (AvgIpc) is 3.52.